The van der Waals surface area contributed by atoms with Crippen molar-refractivity contribution in [1.82, 2.24) is 0 Å². The van der Waals surface area contributed by atoms with Crippen LogP contribution in [-0.4, -0.2) is 6.54 Å². The van der Waals surface area contributed by atoms with Crippen LogP contribution in [0, 0.1) is 6.92 Å². The van der Waals surface area contributed by atoms with Crippen LogP contribution < -0.4 is 5.73 Å². The number of hydrogen-bond donors (Lipinski definition) is 1. The number of hydrogen-bond acceptors (Lipinski definition) is 1. The van der Waals surface area contributed by atoms with Gasteiger partial charge in [0.1, 0.15) is 0 Å². The summed E-state index contributed by atoms with van der Waals surface area (Å²) in [6, 6.07) is 6.53. The maximum Gasteiger partial charge on any atom is 0.0207 e. The molecule has 0 heterocycles. The molecule has 1 saturated carbocycles. The van der Waals surface area contributed by atoms with E-state index < -0.39 is 0 Å². The van der Waals surface area contributed by atoms with Gasteiger partial charge in [-0.05, 0) is 55.3 Å². The zero-order valence-corrected chi connectivity index (χ0v) is 10.8. The van der Waals surface area contributed by atoms with Gasteiger partial charge in [0.15, 0.2) is 0 Å². The summed E-state index contributed by atoms with van der Waals surface area (Å²) in [5, 5.41) is 0. The molecular formula is C13H18BrN. The van der Waals surface area contributed by atoms with Crippen LogP contribution in [0.3, 0.4) is 0 Å². The molecule has 2 rings (SSSR count). The van der Waals surface area contributed by atoms with Crippen LogP contribution in [0.15, 0.2) is 22.7 Å². The monoisotopic (exact) mass is 267 g/mol. The topological polar surface area (TPSA) is 26.0 Å². The quantitative estimate of drug-likeness (QED) is 0.891. The molecule has 0 radical (unpaired) electrons. The zero-order valence-electron chi connectivity index (χ0n) is 9.22. The van der Waals surface area contributed by atoms with Gasteiger partial charge in [0.05, 0.1) is 0 Å². The van der Waals surface area contributed by atoms with E-state index in [1.54, 1.807) is 0 Å². The third-order valence-electron chi connectivity index (χ3n) is 3.77. The van der Waals surface area contributed by atoms with E-state index in [4.69, 9.17) is 5.73 Å². The van der Waals surface area contributed by atoms with Gasteiger partial charge in [0.25, 0.3) is 0 Å². The third kappa shape index (κ3) is 1.85. The van der Waals surface area contributed by atoms with Gasteiger partial charge in [0, 0.05) is 4.47 Å². The summed E-state index contributed by atoms with van der Waals surface area (Å²) in [6.45, 7) is 3.00. The minimum absolute atomic E-state index is 0.391. The van der Waals surface area contributed by atoms with Crippen LogP contribution in [-0.2, 0) is 5.41 Å². The van der Waals surface area contributed by atoms with Gasteiger partial charge in [-0.3, -0.25) is 0 Å². The molecule has 2 heteroatoms. The van der Waals surface area contributed by atoms with Gasteiger partial charge in [-0.15, -0.1) is 0 Å². The fourth-order valence-corrected chi connectivity index (χ4v) is 3.08. The lowest BCUT2D eigenvalue weighted by atomic mass is 9.61. The highest BCUT2D eigenvalue weighted by Crippen LogP contribution is 2.48. The Balaban J connectivity index is 2.38. The van der Waals surface area contributed by atoms with Crippen molar-refractivity contribution in [2.45, 2.75) is 38.0 Å². The molecule has 1 fully saturated rings. The van der Waals surface area contributed by atoms with Crippen LogP contribution in [0.25, 0.3) is 0 Å². The Labute approximate surface area is 100 Å². The van der Waals surface area contributed by atoms with E-state index in [1.807, 2.05) is 0 Å². The lowest BCUT2D eigenvalue weighted by Crippen LogP contribution is -2.37. The van der Waals surface area contributed by atoms with Crippen molar-refractivity contribution >= 4 is 15.9 Å². The molecule has 15 heavy (non-hydrogen) atoms. The molecular weight excluding hydrogens is 250 g/mol. The lowest BCUT2D eigenvalue weighted by molar-refractivity contribution is 0.228. The first-order valence-corrected chi connectivity index (χ1v) is 6.44. The molecule has 1 aliphatic rings. The normalized spacial score (nSPS) is 18.6. The summed E-state index contributed by atoms with van der Waals surface area (Å²) in [5.74, 6) is 0. The van der Waals surface area contributed by atoms with Gasteiger partial charge < -0.3 is 5.73 Å². The predicted octanol–water partition coefficient (Wildman–Crippen LogP) is 3.53. The highest BCUT2D eigenvalue weighted by molar-refractivity contribution is 9.10. The summed E-state index contributed by atoms with van der Waals surface area (Å²) < 4.78 is 1.23. The van der Waals surface area contributed by atoms with Crippen LogP contribution in [0.2, 0.25) is 0 Å². The molecule has 0 bridgehead atoms. The van der Waals surface area contributed by atoms with Crippen LogP contribution in [0.4, 0.5) is 0 Å². The summed E-state index contributed by atoms with van der Waals surface area (Å²) in [4.78, 5) is 0. The maximum atomic E-state index is 5.74. The van der Waals surface area contributed by atoms with E-state index in [0.717, 1.165) is 13.0 Å². The van der Waals surface area contributed by atoms with E-state index in [9.17, 15) is 0 Å². The highest BCUT2D eigenvalue weighted by Gasteiger charge is 2.38. The van der Waals surface area contributed by atoms with E-state index in [-0.39, 0.29) is 0 Å². The molecule has 0 aliphatic heterocycles. The Morgan fingerprint density at radius 3 is 2.67 bits per heavy atom. The van der Waals surface area contributed by atoms with Gasteiger partial charge in [-0.25, -0.2) is 0 Å². The zero-order chi connectivity index (χ0) is 10.9. The molecule has 1 aromatic carbocycles. The molecule has 1 aromatic rings. The highest BCUT2D eigenvalue weighted by atomic mass is 79.9. The number of rotatable bonds is 3. The number of halogens is 1. The van der Waals surface area contributed by atoms with Gasteiger partial charge >= 0.3 is 0 Å². The molecule has 0 spiro atoms. The molecule has 82 valence electrons. The largest absolute Gasteiger partial charge is 0.330 e. The fraction of sp³-hybridized carbons (Fsp3) is 0.538. The Kier molecular flexibility index (Phi) is 3.17. The van der Waals surface area contributed by atoms with Gasteiger partial charge in [-0.1, -0.05) is 34.5 Å². The van der Waals surface area contributed by atoms with E-state index in [2.05, 4.69) is 41.1 Å². The first kappa shape index (κ1) is 11.2. The van der Waals surface area contributed by atoms with Crippen molar-refractivity contribution in [1.29, 1.82) is 0 Å². The van der Waals surface area contributed by atoms with Crippen molar-refractivity contribution in [3.8, 4) is 0 Å². The van der Waals surface area contributed by atoms with Crippen molar-refractivity contribution in [3.63, 3.8) is 0 Å². The van der Waals surface area contributed by atoms with Crippen molar-refractivity contribution in [2.24, 2.45) is 5.73 Å². The van der Waals surface area contributed by atoms with Gasteiger partial charge in [0.2, 0.25) is 0 Å². The van der Waals surface area contributed by atoms with E-state index >= 15 is 0 Å². The number of benzene rings is 1. The Bertz CT molecular complexity index is 356. The standard InChI is InChI=1S/C13H18BrN/c1-10-11(4-2-5-12(10)14)13(8-9-15)6-3-7-13/h2,4-5H,3,6-9,15H2,1H3. The summed E-state index contributed by atoms with van der Waals surface area (Å²) in [7, 11) is 0. The molecule has 0 atom stereocenters. The Morgan fingerprint density at radius 2 is 2.13 bits per heavy atom. The molecule has 0 saturated heterocycles. The first-order valence-electron chi connectivity index (χ1n) is 5.65. The second kappa shape index (κ2) is 4.26. The SMILES string of the molecule is Cc1c(Br)cccc1C1(CCN)CCC1. The van der Waals surface area contributed by atoms with E-state index in [1.165, 1.54) is 34.9 Å². The Hall–Kier alpha value is -0.340. The van der Waals surface area contributed by atoms with Crippen molar-refractivity contribution < 1.29 is 0 Å². The average Bonchev–Trinajstić information content (AvgIpc) is 2.17. The molecule has 0 aromatic heterocycles. The summed E-state index contributed by atoms with van der Waals surface area (Å²) >= 11 is 3.61. The van der Waals surface area contributed by atoms with Crippen LogP contribution in [0.1, 0.15) is 36.8 Å². The predicted molar refractivity (Wildman–Crippen MR) is 68.1 cm³/mol. The van der Waals surface area contributed by atoms with E-state index in [0.29, 0.717) is 5.41 Å². The maximum absolute atomic E-state index is 5.74. The van der Waals surface area contributed by atoms with Crippen molar-refractivity contribution in [2.75, 3.05) is 6.54 Å². The minimum atomic E-state index is 0.391. The minimum Gasteiger partial charge on any atom is -0.330 e. The molecule has 1 aliphatic carbocycles. The van der Waals surface area contributed by atoms with Crippen LogP contribution >= 0.6 is 15.9 Å². The first-order chi connectivity index (χ1) is 7.19. The van der Waals surface area contributed by atoms with Crippen molar-refractivity contribution in [3.05, 3.63) is 33.8 Å². The smallest absolute Gasteiger partial charge is 0.0207 e. The number of nitrogens with two attached hydrogens (primary N) is 1. The second-order valence-corrected chi connectivity index (χ2v) is 5.44. The average molecular weight is 268 g/mol. The molecule has 0 unspecified atom stereocenters. The molecule has 1 nitrogen and oxygen atoms in total. The molecule has 0 amide bonds. The lowest BCUT2D eigenvalue weighted by Gasteiger charge is -2.43. The van der Waals surface area contributed by atoms with Gasteiger partial charge in [-0.2, -0.15) is 0 Å². The van der Waals surface area contributed by atoms with Crippen LogP contribution in [0.5, 0.6) is 0 Å². The Morgan fingerprint density at radius 1 is 1.40 bits per heavy atom. The fourth-order valence-electron chi connectivity index (χ4n) is 2.72. The summed E-state index contributed by atoms with van der Waals surface area (Å²) in [5.41, 5.74) is 9.03. The molecule has 2 N–H and O–H groups in total. The second-order valence-electron chi connectivity index (χ2n) is 4.58. The summed E-state index contributed by atoms with van der Waals surface area (Å²) in [6.07, 6.45) is 5.10. The third-order valence-corrected chi connectivity index (χ3v) is 4.63.